The molecule has 3 aromatic rings. The Labute approximate surface area is 175 Å². The average molecular weight is 431 g/mol. The molecule has 1 aliphatic heterocycles. The van der Waals surface area contributed by atoms with Crippen LogP contribution in [0.15, 0.2) is 42.5 Å². The van der Waals surface area contributed by atoms with Crippen molar-refractivity contribution in [2.24, 2.45) is 0 Å². The van der Waals surface area contributed by atoms with Crippen LogP contribution >= 0.6 is 11.3 Å². The zero-order valence-electron chi connectivity index (χ0n) is 16.1. The highest BCUT2D eigenvalue weighted by Gasteiger charge is 2.36. The van der Waals surface area contributed by atoms with Gasteiger partial charge in [-0.15, -0.1) is 0 Å². The van der Waals surface area contributed by atoms with E-state index in [-0.39, 0.29) is 30.5 Å². The van der Waals surface area contributed by atoms with Crippen LogP contribution in [0.3, 0.4) is 0 Å². The zero-order chi connectivity index (χ0) is 21.3. The highest BCUT2D eigenvalue weighted by atomic mass is 32.1. The van der Waals surface area contributed by atoms with Crippen LogP contribution in [0.1, 0.15) is 24.0 Å². The number of rotatable bonds is 6. The Bertz CT molecular complexity index is 1080. The summed E-state index contributed by atoms with van der Waals surface area (Å²) in [6.07, 6.45) is 0.699. The molecule has 30 heavy (non-hydrogen) atoms. The number of thiazole rings is 1. The monoisotopic (exact) mass is 431 g/mol. The van der Waals surface area contributed by atoms with Crippen molar-refractivity contribution in [3.63, 3.8) is 0 Å². The maximum absolute atomic E-state index is 12.8. The van der Waals surface area contributed by atoms with Gasteiger partial charge >= 0.3 is 6.61 Å². The number of halogens is 2. The normalized spacial score (nSPS) is 16.5. The van der Waals surface area contributed by atoms with E-state index in [2.05, 4.69) is 15.0 Å². The summed E-state index contributed by atoms with van der Waals surface area (Å²) in [4.78, 5) is 31.1. The van der Waals surface area contributed by atoms with Crippen LogP contribution < -0.4 is 10.1 Å². The molecule has 1 N–H and O–H groups in total. The summed E-state index contributed by atoms with van der Waals surface area (Å²) in [5, 5.41) is 3.32. The molecule has 0 saturated carbocycles. The van der Waals surface area contributed by atoms with Crippen molar-refractivity contribution in [3.8, 4) is 5.75 Å². The van der Waals surface area contributed by atoms with Gasteiger partial charge in [0.05, 0.1) is 10.2 Å². The summed E-state index contributed by atoms with van der Waals surface area (Å²) in [6.45, 7) is -0.688. The minimum absolute atomic E-state index is 0.0434. The third-order valence-electron chi connectivity index (χ3n) is 4.91. The molecule has 0 radical (unpaired) electrons. The Balaban J connectivity index is 1.45. The Morgan fingerprint density at radius 1 is 1.30 bits per heavy atom. The van der Waals surface area contributed by atoms with Gasteiger partial charge in [-0.05, 0) is 48.7 Å². The Morgan fingerprint density at radius 2 is 2.07 bits per heavy atom. The maximum Gasteiger partial charge on any atom is 0.387 e. The molecule has 1 saturated heterocycles. The fourth-order valence-electron chi connectivity index (χ4n) is 3.45. The number of likely N-dealkylation sites (tertiary alicyclic amines) is 1. The lowest BCUT2D eigenvalue weighted by molar-refractivity contribution is -0.133. The summed E-state index contributed by atoms with van der Waals surface area (Å²) in [6, 6.07) is 11.3. The van der Waals surface area contributed by atoms with Crippen molar-refractivity contribution in [1.29, 1.82) is 0 Å². The third kappa shape index (κ3) is 4.40. The second-order valence-electron chi connectivity index (χ2n) is 7.08. The number of carbonyl (C=O) groups is 2. The highest BCUT2D eigenvalue weighted by Crippen LogP contribution is 2.29. The van der Waals surface area contributed by atoms with Crippen molar-refractivity contribution >= 4 is 38.5 Å². The first-order chi connectivity index (χ1) is 14.4. The second kappa shape index (κ2) is 8.35. The predicted octanol–water partition coefficient (Wildman–Crippen LogP) is 4.34. The second-order valence-corrected chi connectivity index (χ2v) is 8.11. The molecule has 0 unspecified atom stereocenters. The molecule has 0 aliphatic carbocycles. The van der Waals surface area contributed by atoms with E-state index in [0.29, 0.717) is 11.6 Å². The summed E-state index contributed by atoms with van der Waals surface area (Å²) in [7, 11) is 0. The van der Waals surface area contributed by atoms with E-state index >= 15 is 0 Å². The predicted molar refractivity (Wildman–Crippen MR) is 110 cm³/mol. The first-order valence-corrected chi connectivity index (χ1v) is 10.2. The molecule has 1 aliphatic rings. The number of carbonyl (C=O) groups excluding carboxylic acids is 2. The molecule has 0 spiro atoms. The van der Waals surface area contributed by atoms with Gasteiger partial charge in [0.2, 0.25) is 11.8 Å². The number of hydrogen-bond acceptors (Lipinski definition) is 5. The molecule has 6 nitrogen and oxygen atoms in total. The fourth-order valence-corrected chi connectivity index (χ4v) is 4.42. The number of aryl methyl sites for hydroxylation is 1. The first kappa shape index (κ1) is 20.2. The summed E-state index contributed by atoms with van der Waals surface area (Å²) < 4.78 is 29.9. The first-order valence-electron chi connectivity index (χ1n) is 9.40. The lowest BCUT2D eigenvalue weighted by Crippen LogP contribution is -2.41. The SMILES string of the molecule is Cc1ccc2nc(NC(=O)[C@H]3CCC(=O)N3Cc3ccc(OC(F)F)cc3)sc2c1. The number of hydrogen-bond donors (Lipinski definition) is 1. The Kier molecular flexibility index (Phi) is 5.63. The lowest BCUT2D eigenvalue weighted by Gasteiger charge is -2.23. The molecule has 9 heteroatoms. The highest BCUT2D eigenvalue weighted by molar-refractivity contribution is 7.22. The molecule has 2 heterocycles. The minimum atomic E-state index is -2.89. The topological polar surface area (TPSA) is 71.5 Å². The molecule has 1 aromatic heterocycles. The number of ether oxygens (including phenoxy) is 1. The third-order valence-corrected chi connectivity index (χ3v) is 5.84. The van der Waals surface area contributed by atoms with Crippen LogP contribution in [0.5, 0.6) is 5.75 Å². The summed E-state index contributed by atoms with van der Waals surface area (Å²) >= 11 is 1.39. The lowest BCUT2D eigenvalue weighted by atomic mass is 10.1. The van der Waals surface area contributed by atoms with Crippen molar-refractivity contribution in [3.05, 3.63) is 53.6 Å². The van der Waals surface area contributed by atoms with Gasteiger partial charge in [-0.25, -0.2) is 4.98 Å². The number of aromatic nitrogens is 1. The van der Waals surface area contributed by atoms with E-state index < -0.39 is 12.7 Å². The van der Waals surface area contributed by atoms with Crippen LogP contribution in [0.4, 0.5) is 13.9 Å². The molecule has 4 rings (SSSR count). The van der Waals surface area contributed by atoms with Gasteiger partial charge in [0, 0.05) is 13.0 Å². The molecule has 2 amide bonds. The number of fused-ring (bicyclic) bond motifs is 1. The average Bonchev–Trinajstić information content (AvgIpc) is 3.25. The zero-order valence-corrected chi connectivity index (χ0v) is 16.9. The van der Waals surface area contributed by atoms with Crippen LogP contribution in [-0.4, -0.2) is 34.4 Å². The van der Waals surface area contributed by atoms with E-state index in [9.17, 15) is 18.4 Å². The molecular formula is C21H19F2N3O3S. The molecule has 0 bridgehead atoms. The van der Waals surface area contributed by atoms with Crippen LogP contribution in [0.25, 0.3) is 10.2 Å². The van der Waals surface area contributed by atoms with Crippen LogP contribution in [-0.2, 0) is 16.1 Å². The van der Waals surface area contributed by atoms with Gasteiger partial charge < -0.3 is 15.0 Å². The number of nitrogens with one attached hydrogen (secondary N) is 1. The van der Waals surface area contributed by atoms with Crippen molar-refractivity contribution in [2.45, 2.75) is 39.0 Å². The van der Waals surface area contributed by atoms with Gasteiger partial charge in [0.15, 0.2) is 5.13 Å². The smallest absolute Gasteiger partial charge is 0.387 e. The molecule has 1 fully saturated rings. The quantitative estimate of drug-likeness (QED) is 0.631. The van der Waals surface area contributed by atoms with Gasteiger partial charge in [0.1, 0.15) is 11.8 Å². The number of nitrogens with zero attached hydrogens (tertiary/aromatic N) is 2. The van der Waals surface area contributed by atoms with E-state index in [0.717, 1.165) is 21.3 Å². The Hall–Kier alpha value is -3.07. The molecule has 2 aromatic carbocycles. The van der Waals surface area contributed by atoms with Crippen molar-refractivity contribution < 1.29 is 23.1 Å². The number of alkyl halides is 2. The molecule has 156 valence electrons. The van der Waals surface area contributed by atoms with E-state index in [1.807, 2.05) is 25.1 Å². The van der Waals surface area contributed by atoms with Gasteiger partial charge in [0.25, 0.3) is 0 Å². The molecule has 1 atom stereocenters. The number of amides is 2. The minimum Gasteiger partial charge on any atom is -0.435 e. The maximum atomic E-state index is 12.8. The summed E-state index contributed by atoms with van der Waals surface area (Å²) in [5.74, 6) is -0.362. The van der Waals surface area contributed by atoms with E-state index in [1.54, 1.807) is 12.1 Å². The van der Waals surface area contributed by atoms with Gasteiger partial charge in [-0.3, -0.25) is 9.59 Å². The summed E-state index contributed by atoms with van der Waals surface area (Å²) in [5.41, 5.74) is 2.65. The standard InChI is InChI=1S/C21H19F2N3O3S/c1-12-2-7-15-17(10-12)30-21(24-15)25-19(28)16-8-9-18(27)26(16)11-13-3-5-14(6-4-13)29-20(22)23/h2-7,10,16,20H,8-9,11H2,1H3,(H,24,25,28)/t16-/m1/s1. The Morgan fingerprint density at radius 3 is 2.80 bits per heavy atom. The largest absolute Gasteiger partial charge is 0.435 e. The van der Waals surface area contributed by atoms with Crippen LogP contribution in [0.2, 0.25) is 0 Å². The van der Waals surface area contributed by atoms with E-state index in [1.165, 1.54) is 28.4 Å². The number of anilines is 1. The fraction of sp³-hybridized carbons (Fsp3) is 0.286. The van der Waals surface area contributed by atoms with Gasteiger partial charge in [-0.2, -0.15) is 8.78 Å². The van der Waals surface area contributed by atoms with Crippen molar-refractivity contribution in [1.82, 2.24) is 9.88 Å². The van der Waals surface area contributed by atoms with Crippen molar-refractivity contribution in [2.75, 3.05) is 5.32 Å². The van der Waals surface area contributed by atoms with E-state index in [4.69, 9.17) is 0 Å². The molecular weight excluding hydrogens is 412 g/mol. The van der Waals surface area contributed by atoms with Crippen LogP contribution in [0, 0.1) is 6.92 Å². The number of benzene rings is 2. The van der Waals surface area contributed by atoms with Gasteiger partial charge in [-0.1, -0.05) is 29.5 Å².